The molecule has 0 saturated carbocycles. The molecule has 0 unspecified atom stereocenters. The van der Waals surface area contributed by atoms with Gasteiger partial charge in [-0.05, 0) is 25.5 Å². The third-order valence-corrected chi connectivity index (χ3v) is 5.06. The molecular formula is C19H19N5O3S. The molecular weight excluding hydrogens is 378 g/mol. The van der Waals surface area contributed by atoms with Crippen LogP contribution in [0.2, 0.25) is 0 Å². The zero-order valence-corrected chi connectivity index (χ0v) is 16.3. The number of nitrogens with one attached hydrogen (secondary N) is 1. The topological polar surface area (TPSA) is 103 Å². The fourth-order valence-electron chi connectivity index (χ4n) is 2.73. The van der Waals surface area contributed by atoms with Crippen molar-refractivity contribution in [3.05, 3.63) is 64.2 Å². The number of nitro groups is 1. The van der Waals surface area contributed by atoms with E-state index in [0.29, 0.717) is 17.4 Å². The molecule has 0 aliphatic carbocycles. The fraction of sp³-hybridized carbons (Fsp3) is 0.211. The number of carbonyl (C=O) groups is 1. The minimum absolute atomic E-state index is 0.0703. The number of aryl methyl sites for hydroxylation is 1. The number of thioether (sulfide) groups is 1. The molecule has 0 aliphatic heterocycles. The van der Waals surface area contributed by atoms with E-state index in [1.807, 2.05) is 42.7 Å². The maximum absolute atomic E-state index is 12.2. The second-order valence-electron chi connectivity index (χ2n) is 6.01. The van der Waals surface area contributed by atoms with E-state index in [9.17, 15) is 14.9 Å². The molecule has 1 N–H and O–H groups in total. The molecule has 0 bridgehead atoms. The van der Waals surface area contributed by atoms with Crippen LogP contribution in [0.4, 0.5) is 11.4 Å². The summed E-state index contributed by atoms with van der Waals surface area (Å²) in [5.74, 6) is 0.616. The molecule has 1 heterocycles. The number of amides is 1. The van der Waals surface area contributed by atoms with E-state index in [-0.39, 0.29) is 17.3 Å². The van der Waals surface area contributed by atoms with Crippen LogP contribution in [0.3, 0.4) is 0 Å². The molecule has 0 spiro atoms. The summed E-state index contributed by atoms with van der Waals surface area (Å²) in [5, 5.41) is 22.7. The standard InChI is InChI=1S/C19H19N5O3S/c1-3-23-18(16-10-5-4-7-13(16)2)21-22-19(23)28-12-17(25)20-14-8-6-9-15(11-14)24(26)27/h4-11H,3,12H2,1-2H3,(H,20,25). The van der Waals surface area contributed by atoms with Crippen LogP contribution < -0.4 is 5.32 Å². The van der Waals surface area contributed by atoms with Crippen LogP contribution in [0.25, 0.3) is 11.4 Å². The van der Waals surface area contributed by atoms with Gasteiger partial charge in [-0.25, -0.2) is 0 Å². The quantitative estimate of drug-likeness (QED) is 0.368. The number of nitrogens with zero attached hydrogens (tertiary/aromatic N) is 4. The predicted molar refractivity (Wildman–Crippen MR) is 108 cm³/mol. The molecule has 0 radical (unpaired) electrons. The Hall–Kier alpha value is -3.20. The molecule has 0 aliphatic rings. The SMILES string of the molecule is CCn1c(SCC(=O)Nc2cccc([N+](=O)[O-])c2)nnc1-c1ccccc1C. The number of nitro benzene ring substituents is 1. The van der Waals surface area contributed by atoms with Crippen LogP contribution in [-0.2, 0) is 11.3 Å². The highest BCUT2D eigenvalue weighted by Crippen LogP contribution is 2.26. The lowest BCUT2D eigenvalue weighted by Crippen LogP contribution is -2.14. The van der Waals surface area contributed by atoms with Crippen molar-refractivity contribution >= 4 is 29.0 Å². The Kier molecular flexibility index (Phi) is 6.05. The average molecular weight is 397 g/mol. The van der Waals surface area contributed by atoms with Gasteiger partial charge in [0.1, 0.15) is 0 Å². The zero-order valence-electron chi connectivity index (χ0n) is 15.5. The molecule has 0 atom stereocenters. The molecule has 9 heteroatoms. The van der Waals surface area contributed by atoms with Gasteiger partial charge in [-0.15, -0.1) is 10.2 Å². The van der Waals surface area contributed by atoms with E-state index >= 15 is 0 Å². The van der Waals surface area contributed by atoms with Crippen LogP contribution in [0, 0.1) is 17.0 Å². The van der Waals surface area contributed by atoms with E-state index in [1.165, 1.54) is 30.0 Å². The Morgan fingerprint density at radius 2 is 2.00 bits per heavy atom. The van der Waals surface area contributed by atoms with Crippen LogP contribution in [0.5, 0.6) is 0 Å². The molecule has 0 fully saturated rings. The first kappa shape index (κ1) is 19.6. The Morgan fingerprint density at radius 1 is 1.21 bits per heavy atom. The number of rotatable bonds is 7. The minimum atomic E-state index is -0.499. The van der Waals surface area contributed by atoms with Gasteiger partial charge >= 0.3 is 0 Å². The van der Waals surface area contributed by atoms with E-state index < -0.39 is 4.92 Å². The van der Waals surface area contributed by atoms with Crippen molar-refractivity contribution in [1.82, 2.24) is 14.8 Å². The molecule has 28 heavy (non-hydrogen) atoms. The van der Waals surface area contributed by atoms with Gasteiger partial charge < -0.3 is 9.88 Å². The van der Waals surface area contributed by atoms with E-state index in [1.54, 1.807) is 6.07 Å². The fourth-order valence-corrected chi connectivity index (χ4v) is 3.53. The highest BCUT2D eigenvalue weighted by molar-refractivity contribution is 7.99. The maximum atomic E-state index is 12.2. The Balaban J connectivity index is 1.69. The summed E-state index contributed by atoms with van der Waals surface area (Å²) in [4.78, 5) is 22.6. The highest BCUT2D eigenvalue weighted by Gasteiger charge is 2.16. The minimum Gasteiger partial charge on any atom is -0.325 e. The van der Waals surface area contributed by atoms with E-state index in [4.69, 9.17) is 0 Å². The lowest BCUT2D eigenvalue weighted by Gasteiger charge is -2.09. The summed E-state index contributed by atoms with van der Waals surface area (Å²) in [6.45, 7) is 4.69. The average Bonchev–Trinajstić information content (AvgIpc) is 3.09. The Bertz CT molecular complexity index is 1020. The number of carbonyl (C=O) groups excluding carboxylic acids is 1. The number of non-ortho nitro benzene ring substituents is 1. The summed E-state index contributed by atoms with van der Waals surface area (Å²) in [5.41, 5.74) is 2.42. The summed E-state index contributed by atoms with van der Waals surface area (Å²) < 4.78 is 1.97. The van der Waals surface area contributed by atoms with Crippen molar-refractivity contribution < 1.29 is 9.72 Å². The van der Waals surface area contributed by atoms with E-state index in [2.05, 4.69) is 15.5 Å². The van der Waals surface area contributed by atoms with Crippen molar-refractivity contribution in [2.45, 2.75) is 25.5 Å². The first-order chi connectivity index (χ1) is 13.5. The monoisotopic (exact) mass is 397 g/mol. The first-order valence-corrected chi connectivity index (χ1v) is 9.64. The van der Waals surface area contributed by atoms with Crippen LogP contribution in [0.15, 0.2) is 53.7 Å². The van der Waals surface area contributed by atoms with Gasteiger partial charge in [0.15, 0.2) is 11.0 Å². The summed E-state index contributed by atoms with van der Waals surface area (Å²) >= 11 is 1.27. The number of hydrogen-bond acceptors (Lipinski definition) is 6. The second kappa shape index (κ2) is 8.66. The number of anilines is 1. The van der Waals surface area contributed by atoms with Crippen LogP contribution >= 0.6 is 11.8 Å². The number of hydrogen-bond donors (Lipinski definition) is 1. The molecule has 1 aromatic heterocycles. The smallest absolute Gasteiger partial charge is 0.271 e. The van der Waals surface area contributed by atoms with Gasteiger partial charge in [0.05, 0.1) is 10.7 Å². The van der Waals surface area contributed by atoms with Crippen molar-refractivity contribution in [3.8, 4) is 11.4 Å². The van der Waals surface area contributed by atoms with Crippen LogP contribution in [-0.4, -0.2) is 31.3 Å². The normalized spacial score (nSPS) is 10.6. The summed E-state index contributed by atoms with van der Waals surface area (Å²) in [6.07, 6.45) is 0. The molecule has 144 valence electrons. The molecule has 3 aromatic rings. The predicted octanol–water partition coefficient (Wildman–Crippen LogP) is 3.91. The highest BCUT2D eigenvalue weighted by atomic mass is 32.2. The largest absolute Gasteiger partial charge is 0.325 e. The van der Waals surface area contributed by atoms with Gasteiger partial charge in [-0.2, -0.15) is 0 Å². The van der Waals surface area contributed by atoms with Crippen LogP contribution in [0.1, 0.15) is 12.5 Å². The lowest BCUT2D eigenvalue weighted by atomic mass is 10.1. The molecule has 8 nitrogen and oxygen atoms in total. The molecule has 0 saturated heterocycles. The third-order valence-electron chi connectivity index (χ3n) is 4.09. The third kappa shape index (κ3) is 4.37. The lowest BCUT2D eigenvalue weighted by molar-refractivity contribution is -0.384. The van der Waals surface area contributed by atoms with Gasteiger partial charge in [0, 0.05) is 29.9 Å². The molecule has 1 amide bonds. The van der Waals surface area contributed by atoms with Crippen molar-refractivity contribution in [2.75, 3.05) is 11.1 Å². The summed E-state index contributed by atoms with van der Waals surface area (Å²) in [6, 6.07) is 13.8. The van der Waals surface area contributed by atoms with Gasteiger partial charge in [-0.3, -0.25) is 14.9 Å². The van der Waals surface area contributed by atoms with Gasteiger partial charge in [0.2, 0.25) is 5.91 Å². The molecule has 2 aromatic carbocycles. The van der Waals surface area contributed by atoms with E-state index in [0.717, 1.165) is 17.0 Å². The second-order valence-corrected chi connectivity index (χ2v) is 6.95. The van der Waals surface area contributed by atoms with Crippen molar-refractivity contribution in [1.29, 1.82) is 0 Å². The van der Waals surface area contributed by atoms with Gasteiger partial charge in [0.25, 0.3) is 5.69 Å². The number of benzene rings is 2. The molecule has 3 rings (SSSR count). The maximum Gasteiger partial charge on any atom is 0.271 e. The van der Waals surface area contributed by atoms with Crippen molar-refractivity contribution in [3.63, 3.8) is 0 Å². The first-order valence-electron chi connectivity index (χ1n) is 8.66. The van der Waals surface area contributed by atoms with Crippen molar-refractivity contribution in [2.24, 2.45) is 0 Å². The Labute approximate surface area is 166 Å². The summed E-state index contributed by atoms with van der Waals surface area (Å²) in [7, 11) is 0. The zero-order chi connectivity index (χ0) is 20.1. The Morgan fingerprint density at radius 3 is 2.71 bits per heavy atom. The number of aromatic nitrogens is 3. The van der Waals surface area contributed by atoms with Gasteiger partial charge in [-0.1, -0.05) is 42.1 Å².